The number of aryl methyl sites for hydroxylation is 1. The molecule has 1 amide bonds. The lowest BCUT2D eigenvalue weighted by molar-refractivity contribution is 0.102. The second-order valence-electron chi connectivity index (χ2n) is 3.57. The number of nitrogens with one attached hydrogen (secondary N) is 1. The maximum absolute atomic E-state index is 12.1. The van der Waals surface area contributed by atoms with E-state index in [1.807, 2.05) is 0 Å². The molecular weight excluding hydrogens is 398 g/mol. The molecule has 5 nitrogen and oxygen atoms in total. The normalized spacial score (nSPS) is 10.3. The van der Waals surface area contributed by atoms with Crippen LogP contribution in [0.3, 0.4) is 0 Å². The minimum absolute atomic E-state index is 0.219. The molecule has 2 heterocycles. The van der Waals surface area contributed by atoms with E-state index in [2.05, 4.69) is 47.1 Å². The van der Waals surface area contributed by atoms with Crippen molar-refractivity contribution in [3.05, 3.63) is 31.0 Å². The predicted octanol–water partition coefficient (Wildman–Crippen LogP) is 3.63. The van der Waals surface area contributed by atoms with Gasteiger partial charge in [-0.2, -0.15) is 4.98 Å². The van der Waals surface area contributed by atoms with Gasteiger partial charge >= 0.3 is 0 Å². The number of carbonyl (C=O) groups is 1. The highest BCUT2D eigenvalue weighted by molar-refractivity contribution is 9.12. The Balaban J connectivity index is 2.23. The van der Waals surface area contributed by atoms with E-state index < -0.39 is 0 Å². The molecule has 0 atom stereocenters. The fraction of sp³-hybridized carbons (Fsp3) is 0.182. The molecule has 0 radical (unpaired) electrons. The molecule has 2 aromatic heterocycles. The summed E-state index contributed by atoms with van der Waals surface area (Å²) in [5.74, 6) is 0.353. The third-order valence-electron chi connectivity index (χ3n) is 2.17. The zero-order chi connectivity index (χ0) is 14.0. The molecule has 0 aliphatic heterocycles. The van der Waals surface area contributed by atoms with Crippen LogP contribution >= 0.6 is 43.2 Å². The summed E-state index contributed by atoms with van der Waals surface area (Å²) < 4.78 is 6.65. The Labute approximate surface area is 130 Å². The Hall–Kier alpha value is -0.990. The molecule has 0 aliphatic rings. The summed E-state index contributed by atoms with van der Waals surface area (Å²) >= 11 is 8.09. The van der Waals surface area contributed by atoms with Crippen LogP contribution in [0.25, 0.3) is 0 Å². The third kappa shape index (κ3) is 3.52. The van der Waals surface area contributed by atoms with Crippen LogP contribution < -0.4 is 10.1 Å². The quantitative estimate of drug-likeness (QED) is 0.845. The standard InChI is InChI=1S/C11H9Br2N3O2S/c1-5-3-8(18-2)15-11(14-5)16-10(17)6-4-7(12)19-9(6)13/h3-4H,1-2H3,(H,14,15,16,17). The lowest BCUT2D eigenvalue weighted by Crippen LogP contribution is -2.14. The minimum Gasteiger partial charge on any atom is -0.481 e. The van der Waals surface area contributed by atoms with E-state index in [9.17, 15) is 4.79 Å². The van der Waals surface area contributed by atoms with Crippen molar-refractivity contribution in [2.24, 2.45) is 0 Å². The monoisotopic (exact) mass is 405 g/mol. The van der Waals surface area contributed by atoms with Crippen molar-refractivity contribution in [2.45, 2.75) is 6.92 Å². The number of hydrogen-bond acceptors (Lipinski definition) is 5. The highest BCUT2D eigenvalue weighted by Gasteiger charge is 2.15. The van der Waals surface area contributed by atoms with Gasteiger partial charge in [0.05, 0.1) is 20.2 Å². The van der Waals surface area contributed by atoms with Crippen molar-refractivity contribution in [3.63, 3.8) is 0 Å². The molecule has 1 N–H and O–H groups in total. The van der Waals surface area contributed by atoms with Crippen LogP contribution in [-0.4, -0.2) is 23.0 Å². The number of rotatable bonds is 3. The number of carbonyl (C=O) groups excluding carboxylic acids is 1. The van der Waals surface area contributed by atoms with Gasteiger partial charge in [-0.05, 0) is 44.8 Å². The number of ether oxygens (including phenoxy) is 1. The molecule has 0 unspecified atom stereocenters. The molecule has 2 aromatic rings. The van der Waals surface area contributed by atoms with Crippen LogP contribution in [0, 0.1) is 6.92 Å². The number of methoxy groups -OCH3 is 1. The van der Waals surface area contributed by atoms with Gasteiger partial charge < -0.3 is 4.74 Å². The number of nitrogens with zero attached hydrogens (tertiary/aromatic N) is 2. The van der Waals surface area contributed by atoms with Gasteiger partial charge in [-0.25, -0.2) is 4.98 Å². The van der Waals surface area contributed by atoms with E-state index in [4.69, 9.17) is 4.74 Å². The molecule has 0 spiro atoms. The van der Waals surface area contributed by atoms with Crippen LogP contribution in [0.1, 0.15) is 16.1 Å². The fourth-order valence-corrected chi connectivity index (χ4v) is 4.16. The summed E-state index contributed by atoms with van der Waals surface area (Å²) in [7, 11) is 1.51. The van der Waals surface area contributed by atoms with Crippen molar-refractivity contribution in [2.75, 3.05) is 12.4 Å². The van der Waals surface area contributed by atoms with Gasteiger partial charge in [-0.1, -0.05) is 0 Å². The topological polar surface area (TPSA) is 64.1 Å². The molecule has 0 bridgehead atoms. The molecular formula is C11H9Br2N3O2S. The second-order valence-corrected chi connectivity index (χ2v) is 7.32. The van der Waals surface area contributed by atoms with Crippen molar-refractivity contribution in [1.29, 1.82) is 0 Å². The fourth-order valence-electron chi connectivity index (χ4n) is 1.36. The van der Waals surface area contributed by atoms with Gasteiger partial charge in [-0.15, -0.1) is 11.3 Å². The number of anilines is 1. The van der Waals surface area contributed by atoms with Gasteiger partial charge in [0.15, 0.2) is 0 Å². The average Bonchev–Trinajstić information content (AvgIpc) is 2.67. The van der Waals surface area contributed by atoms with Crippen molar-refractivity contribution < 1.29 is 9.53 Å². The van der Waals surface area contributed by atoms with Gasteiger partial charge in [0, 0.05) is 11.8 Å². The molecule has 0 aromatic carbocycles. The van der Waals surface area contributed by atoms with Crippen LogP contribution in [0.4, 0.5) is 5.95 Å². The highest BCUT2D eigenvalue weighted by atomic mass is 79.9. The molecule has 0 fully saturated rings. The van der Waals surface area contributed by atoms with E-state index >= 15 is 0 Å². The third-order valence-corrected chi connectivity index (χ3v) is 4.51. The first kappa shape index (κ1) is 14.4. The molecule has 8 heteroatoms. The van der Waals surface area contributed by atoms with Crippen LogP contribution in [0.15, 0.2) is 19.7 Å². The Morgan fingerprint density at radius 2 is 2.11 bits per heavy atom. The van der Waals surface area contributed by atoms with Crippen molar-refractivity contribution in [3.8, 4) is 5.88 Å². The average molecular weight is 407 g/mol. The van der Waals surface area contributed by atoms with E-state index in [0.29, 0.717) is 17.1 Å². The first-order chi connectivity index (χ1) is 8.99. The summed E-state index contributed by atoms with van der Waals surface area (Å²) in [6, 6.07) is 3.42. The first-order valence-corrected chi connectivity index (χ1v) is 7.55. The molecule has 100 valence electrons. The van der Waals surface area contributed by atoms with Gasteiger partial charge in [0.2, 0.25) is 11.8 Å². The molecule has 0 aliphatic carbocycles. The molecule has 0 saturated carbocycles. The molecule has 0 saturated heterocycles. The Bertz CT molecular complexity index is 630. The van der Waals surface area contributed by atoms with E-state index in [1.165, 1.54) is 18.4 Å². The van der Waals surface area contributed by atoms with E-state index in [1.54, 1.807) is 19.1 Å². The van der Waals surface area contributed by atoms with Crippen LogP contribution in [-0.2, 0) is 0 Å². The maximum Gasteiger partial charge on any atom is 0.260 e. The molecule has 19 heavy (non-hydrogen) atoms. The first-order valence-electron chi connectivity index (χ1n) is 5.15. The van der Waals surface area contributed by atoms with Gasteiger partial charge in [-0.3, -0.25) is 10.1 Å². The zero-order valence-electron chi connectivity index (χ0n) is 10.0. The Morgan fingerprint density at radius 3 is 2.68 bits per heavy atom. The summed E-state index contributed by atoms with van der Waals surface area (Å²) in [5.41, 5.74) is 1.24. The van der Waals surface area contributed by atoms with Gasteiger partial charge in [0.1, 0.15) is 0 Å². The maximum atomic E-state index is 12.1. The highest BCUT2D eigenvalue weighted by Crippen LogP contribution is 2.32. The zero-order valence-corrected chi connectivity index (χ0v) is 14.0. The number of aromatic nitrogens is 2. The number of hydrogen-bond donors (Lipinski definition) is 1. The summed E-state index contributed by atoms with van der Waals surface area (Å²) in [5, 5.41) is 2.64. The Kier molecular flexibility index (Phi) is 4.54. The van der Waals surface area contributed by atoms with Crippen molar-refractivity contribution in [1.82, 2.24) is 9.97 Å². The SMILES string of the molecule is COc1cc(C)nc(NC(=O)c2cc(Br)sc2Br)n1. The predicted molar refractivity (Wildman–Crippen MR) is 81.0 cm³/mol. The van der Waals surface area contributed by atoms with E-state index in [0.717, 1.165) is 7.57 Å². The summed E-state index contributed by atoms with van der Waals surface area (Å²) in [6.07, 6.45) is 0. The minimum atomic E-state index is -0.276. The Morgan fingerprint density at radius 1 is 1.37 bits per heavy atom. The van der Waals surface area contributed by atoms with Crippen LogP contribution in [0.2, 0.25) is 0 Å². The van der Waals surface area contributed by atoms with E-state index in [-0.39, 0.29) is 11.9 Å². The lowest BCUT2D eigenvalue weighted by atomic mass is 10.3. The lowest BCUT2D eigenvalue weighted by Gasteiger charge is -2.06. The number of thiophene rings is 1. The van der Waals surface area contributed by atoms with Crippen LogP contribution in [0.5, 0.6) is 5.88 Å². The largest absolute Gasteiger partial charge is 0.481 e. The van der Waals surface area contributed by atoms with Crippen molar-refractivity contribution >= 4 is 55.1 Å². The van der Waals surface area contributed by atoms with Gasteiger partial charge in [0.25, 0.3) is 5.91 Å². The number of amides is 1. The number of halogens is 2. The second kappa shape index (κ2) is 5.98. The summed E-state index contributed by atoms with van der Waals surface area (Å²) in [6.45, 7) is 1.80. The summed E-state index contributed by atoms with van der Waals surface area (Å²) in [4.78, 5) is 20.3. The smallest absolute Gasteiger partial charge is 0.260 e. The molecule has 2 rings (SSSR count).